The topological polar surface area (TPSA) is 81.2 Å². The largest absolute Gasteiger partial charge is 0.385 e. The molecule has 21 heavy (non-hydrogen) atoms. The third kappa shape index (κ3) is 4.03. The third-order valence-corrected chi connectivity index (χ3v) is 3.43. The first kappa shape index (κ1) is 15.0. The van der Waals surface area contributed by atoms with Crippen LogP contribution in [0.5, 0.6) is 0 Å². The van der Waals surface area contributed by atoms with Crippen LogP contribution >= 0.6 is 0 Å². The fourth-order valence-electron chi connectivity index (χ4n) is 2.14. The Hall–Kier alpha value is -2.40. The van der Waals surface area contributed by atoms with Crippen LogP contribution in [0, 0.1) is 17.0 Å². The maximum atomic E-state index is 10.8. The predicted octanol–water partition coefficient (Wildman–Crippen LogP) is 3.41. The van der Waals surface area contributed by atoms with Crippen LogP contribution < -0.4 is 11.1 Å². The number of non-ortho nitro benzene ring substituents is 1. The zero-order chi connectivity index (χ0) is 15.2. The Bertz CT molecular complexity index is 614. The number of hydrogen-bond donors (Lipinski definition) is 2. The average Bonchev–Trinajstić information content (AvgIpc) is 2.49. The molecule has 1 unspecified atom stereocenters. The molecule has 5 heteroatoms. The normalized spacial score (nSPS) is 11.9. The molecule has 0 heterocycles. The summed E-state index contributed by atoms with van der Waals surface area (Å²) >= 11 is 0. The molecule has 0 aliphatic carbocycles. The second kappa shape index (κ2) is 6.85. The molecule has 2 aromatic rings. The van der Waals surface area contributed by atoms with E-state index >= 15 is 0 Å². The van der Waals surface area contributed by atoms with Gasteiger partial charge in [0.25, 0.3) is 5.69 Å². The molecule has 0 amide bonds. The Morgan fingerprint density at radius 1 is 1.24 bits per heavy atom. The number of nitro groups is 1. The number of nitrogens with zero attached hydrogens (tertiary/aromatic N) is 1. The molecule has 5 nitrogen and oxygen atoms in total. The molecule has 0 aliphatic heterocycles. The van der Waals surface area contributed by atoms with E-state index in [1.165, 1.54) is 6.07 Å². The zero-order valence-electron chi connectivity index (χ0n) is 12.0. The van der Waals surface area contributed by atoms with Gasteiger partial charge >= 0.3 is 0 Å². The molecular weight excluding hydrogens is 266 g/mol. The van der Waals surface area contributed by atoms with Gasteiger partial charge < -0.3 is 11.1 Å². The number of anilines is 1. The molecule has 2 rings (SSSR count). The number of nitrogens with two attached hydrogens (primary N) is 1. The van der Waals surface area contributed by atoms with Gasteiger partial charge in [-0.2, -0.15) is 0 Å². The fourth-order valence-corrected chi connectivity index (χ4v) is 2.14. The lowest BCUT2D eigenvalue weighted by Crippen LogP contribution is -2.15. The maximum Gasteiger partial charge on any atom is 0.271 e. The van der Waals surface area contributed by atoms with Crippen molar-refractivity contribution in [3.05, 3.63) is 69.8 Å². The molecule has 3 N–H and O–H groups in total. The summed E-state index contributed by atoms with van der Waals surface area (Å²) in [5, 5.41) is 14.0. The zero-order valence-corrected chi connectivity index (χ0v) is 12.0. The Kier molecular flexibility index (Phi) is 4.90. The van der Waals surface area contributed by atoms with Gasteiger partial charge in [-0.05, 0) is 24.5 Å². The van der Waals surface area contributed by atoms with Crippen LogP contribution in [0.25, 0.3) is 0 Å². The van der Waals surface area contributed by atoms with Crippen molar-refractivity contribution in [1.29, 1.82) is 0 Å². The Morgan fingerprint density at radius 2 is 1.95 bits per heavy atom. The van der Waals surface area contributed by atoms with E-state index in [4.69, 9.17) is 5.73 Å². The van der Waals surface area contributed by atoms with Gasteiger partial charge in [0.05, 0.1) is 4.92 Å². The first-order valence-corrected chi connectivity index (χ1v) is 6.87. The number of benzene rings is 2. The molecule has 0 bridgehead atoms. The van der Waals surface area contributed by atoms with Gasteiger partial charge in [-0.1, -0.05) is 36.4 Å². The lowest BCUT2D eigenvalue weighted by molar-refractivity contribution is -0.384. The van der Waals surface area contributed by atoms with Gasteiger partial charge in [-0.3, -0.25) is 10.1 Å². The van der Waals surface area contributed by atoms with Crippen molar-refractivity contribution in [2.45, 2.75) is 19.4 Å². The second-order valence-electron chi connectivity index (χ2n) is 4.99. The standard InChI is InChI=1S/C16H19N3O2/c1-12-7-8-14(19(20)21)11-16(12)18-10-9-15(17)13-5-3-2-4-6-13/h2-8,11,15,18H,9-10,17H2,1H3. The lowest BCUT2D eigenvalue weighted by atomic mass is 10.0. The number of nitro benzene ring substituents is 1. The Balaban J connectivity index is 1.94. The Labute approximate surface area is 123 Å². The van der Waals surface area contributed by atoms with Gasteiger partial charge in [-0.15, -0.1) is 0 Å². The van der Waals surface area contributed by atoms with Crippen LogP contribution in [-0.2, 0) is 0 Å². The summed E-state index contributed by atoms with van der Waals surface area (Å²) in [5.74, 6) is 0. The third-order valence-electron chi connectivity index (χ3n) is 3.43. The van der Waals surface area contributed by atoms with Crippen LogP contribution in [-0.4, -0.2) is 11.5 Å². The van der Waals surface area contributed by atoms with Crippen molar-refractivity contribution in [1.82, 2.24) is 0 Å². The first-order chi connectivity index (χ1) is 10.1. The second-order valence-corrected chi connectivity index (χ2v) is 4.99. The molecule has 2 aromatic carbocycles. The number of aryl methyl sites for hydroxylation is 1. The van der Waals surface area contributed by atoms with Crippen molar-refractivity contribution >= 4 is 11.4 Å². The van der Waals surface area contributed by atoms with E-state index < -0.39 is 0 Å². The van der Waals surface area contributed by atoms with Crippen molar-refractivity contribution < 1.29 is 4.92 Å². The van der Waals surface area contributed by atoms with Crippen molar-refractivity contribution in [3.8, 4) is 0 Å². The molecular formula is C16H19N3O2. The van der Waals surface area contributed by atoms with Crippen LogP contribution in [0.15, 0.2) is 48.5 Å². The van der Waals surface area contributed by atoms with E-state index in [1.807, 2.05) is 37.3 Å². The van der Waals surface area contributed by atoms with E-state index in [2.05, 4.69) is 5.32 Å². The molecule has 0 radical (unpaired) electrons. The smallest absolute Gasteiger partial charge is 0.271 e. The van der Waals surface area contributed by atoms with Gasteiger partial charge in [-0.25, -0.2) is 0 Å². The summed E-state index contributed by atoms with van der Waals surface area (Å²) in [6, 6.07) is 14.7. The highest BCUT2D eigenvalue weighted by molar-refractivity contribution is 5.56. The van der Waals surface area contributed by atoms with Crippen LogP contribution in [0.3, 0.4) is 0 Å². The summed E-state index contributed by atoms with van der Waals surface area (Å²) in [6.07, 6.45) is 0.756. The number of rotatable bonds is 6. The van der Waals surface area contributed by atoms with E-state index in [-0.39, 0.29) is 16.7 Å². The minimum atomic E-state index is -0.389. The van der Waals surface area contributed by atoms with E-state index in [1.54, 1.807) is 12.1 Å². The predicted molar refractivity (Wildman–Crippen MR) is 84.3 cm³/mol. The van der Waals surface area contributed by atoms with Gasteiger partial charge in [0.15, 0.2) is 0 Å². The lowest BCUT2D eigenvalue weighted by Gasteiger charge is -2.14. The summed E-state index contributed by atoms with van der Waals surface area (Å²) in [5.41, 5.74) is 9.08. The van der Waals surface area contributed by atoms with Crippen molar-refractivity contribution in [2.75, 3.05) is 11.9 Å². The highest BCUT2D eigenvalue weighted by Crippen LogP contribution is 2.22. The number of nitrogens with one attached hydrogen (secondary N) is 1. The number of hydrogen-bond acceptors (Lipinski definition) is 4. The first-order valence-electron chi connectivity index (χ1n) is 6.87. The van der Waals surface area contributed by atoms with Gasteiger partial charge in [0, 0.05) is 30.4 Å². The molecule has 0 aromatic heterocycles. The minimum absolute atomic E-state index is 0.0438. The van der Waals surface area contributed by atoms with Crippen molar-refractivity contribution in [2.24, 2.45) is 5.73 Å². The van der Waals surface area contributed by atoms with Crippen LogP contribution in [0.4, 0.5) is 11.4 Å². The molecule has 110 valence electrons. The molecule has 1 atom stereocenters. The fraction of sp³-hybridized carbons (Fsp3) is 0.250. The Morgan fingerprint density at radius 3 is 2.62 bits per heavy atom. The molecule has 0 spiro atoms. The maximum absolute atomic E-state index is 10.8. The molecule has 0 aliphatic rings. The monoisotopic (exact) mass is 285 g/mol. The quantitative estimate of drug-likeness (QED) is 0.629. The van der Waals surface area contributed by atoms with E-state index in [0.29, 0.717) is 6.54 Å². The van der Waals surface area contributed by atoms with Gasteiger partial charge in [0.2, 0.25) is 0 Å². The van der Waals surface area contributed by atoms with Crippen molar-refractivity contribution in [3.63, 3.8) is 0 Å². The highest BCUT2D eigenvalue weighted by Gasteiger charge is 2.09. The average molecular weight is 285 g/mol. The van der Waals surface area contributed by atoms with E-state index in [0.717, 1.165) is 23.2 Å². The minimum Gasteiger partial charge on any atom is -0.385 e. The highest BCUT2D eigenvalue weighted by atomic mass is 16.6. The summed E-state index contributed by atoms with van der Waals surface area (Å²) < 4.78 is 0. The molecule has 0 saturated carbocycles. The molecule has 0 saturated heterocycles. The van der Waals surface area contributed by atoms with Gasteiger partial charge in [0.1, 0.15) is 0 Å². The summed E-state index contributed by atoms with van der Waals surface area (Å²) in [6.45, 7) is 2.58. The summed E-state index contributed by atoms with van der Waals surface area (Å²) in [4.78, 5) is 10.4. The molecule has 0 fully saturated rings. The van der Waals surface area contributed by atoms with Crippen LogP contribution in [0.2, 0.25) is 0 Å². The van der Waals surface area contributed by atoms with Crippen LogP contribution in [0.1, 0.15) is 23.6 Å². The van der Waals surface area contributed by atoms with E-state index in [9.17, 15) is 10.1 Å². The SMILES string of the molecule is Cc1ccc([N+](=O)[O-])cc1NCCC(N)c1ccccc1. The summed E-state index contributed by atoms with van der Waals surface area (Å²) in [7, 11) is 0.